The number of carbonyl (C=O) groups is 1. The molecule has 0 aliphatic carbocycles. The Kier molecular flexibility index (Phi) is 4.37. The van der Waals surface area contributed by atoms with Crippen LogP contribution in [-0.4, -0.2) is 36.5 Å². The lowest BCUT2D eigenvalue weighted by atomic mass is 9.68. The minimum Gasteiger partial charge on any atom is -0.490 e. The topological polar surface area (TPSA) is 55.6 Å². The fourth-order valence-corrected chi connectivity index (χ4v) is 4.46. The lowest BCUT2D eigenvalue weighted by Crippen LogP contribution is -2.54. The van der Waals surface area contributed by atoms with Gasteiger partial charge in [-0.3, -0.25) is 4.79 Å². The summed E-state index contributed by atoms with van der Waals surface area (Å²) in [5.41, 5.74) is 6.81. The summed E-state index contributed by atoms with van der Waals surface area (Å²) in [4.78, 5) is 14.6. The summed E-state index contributed by atoms with van der Waals surface area (Å²) in [6, 6.07) is 8.42. The van der Waals surface area contributed by atoms with Crippen LogP contribution in [0.15, 0.2) is 24.3 Å². The van der Waals surface area contributed by atoms with Gasteiger partial charge in [0.2, 0.25) is 5.91 Å². The Balaban J connectivity index is 1.85. The van der Waals surface area contributed by atoms with E-state index >= 15 is 0 Å². The average molecular weight is 316 g/mol. The van der Waals surface area contributed by atoms with Crippen molar-refractivity contribution in [2.75, 3.05) is 13.6 Å². The zero-order valence-corrected chi connectivity index (χ0v) is 14.4. The van der Waals surface area contributed by atoms with Gasteiger partial charge < -0.3 is 15.4 Å². The Morgan fingerprint density at radius 2 is 2.09 bits per heavy atom. The van der Waals surface area contributed by atoms with E-state index in [1.807, 2.05) is 18.2 Å². The smallest absolute Gasteiger partial charge is 0.222 e. The number of carbonyl (C=O) groups excluding carboxylic acids is 1. The molecule has 2 heterocycles. The van der Waals surface area contributed by atoms with E-state index in [-0.39, 0.29) is 29.4 Å². The van der Waals surface area contributed by atoms with Crippen LogP contribution in [-0.2, 0) is 11.2 Å². The molecule has 4 heteroatoms. The van der Waals surface area contributed by atoms with Crippen LogP contribution < -0.4 is 10.5 Å². The van der Waals surface area contributed by atoms with Crippen molar-refractivity contribution in [2.24, 2.45) is 17.1 Å². The van der Waals surface area contributed by atoms with E-state index in [2.05, 4.69) is 31.9 Å². The molecule has 1 aromatic carbocycles. The molecule has 3 rings (SSSR count). The van der Waals surface area contributed by atoms with Gasteiger partial charge in [0.15, 0.2) is 0 Å². The number of amides is 1. The summed E-state index contributed by atoms with van der Waals surface area (Å²) in [5, 5.41) is 0. The highest BCUT2D eigenvalue weighted by Crippen LogP contribution is 2.43. The van der Waals surface area contributed by atoms with Crippen LogP contribution in [0.5, 0.6) is 5.75 Å². The summed E-state index contributed by atoms with van der Waals surface area (Å²) in [5.74, 6) is 0.571. The van der Waals surface area contributed by atoms with Crippen LogP contribution in [0.3, 0.4) is 0 Å². The Morgan fingerprint density at radius 3 is 2.74 bits per heavy atom. The normalized spacial score (nSPS) is 26.4. The molecule has 1 fully saturated rings. The van der Waals surface area contributed by atoms with Gasteiger partial charge in [-0.25, -0.2) is 0 Å². The van der Waals surface area contributed by atoms with Gasteiger partial charge in [-0.05, 0) is 50.9 Å². The summed E-state index contributed by atoms with van der Waals surface area (Å²) < 4.78 is 6.30. The molecule has 126 valence electrons. The standard InChI is InChI=1S/C19H28N2O2/c1-19(2,17(18(20)22)14-8-6-12-21(14)3)16-11-10-13-7-4-5-9-15(13)23-16/h4-5,7,9,14,16-17H,6,8,10-12H2,1-3H3,(H2,20,22)/t14-,16-,17?/m0/s1. The first-order valence-electron chi connectivity index (χ1n) is 8.65. The van der Waals surface area contributed by atoms with Crippen molar-refractivity contribution >= 4 is 5.91 Å². The number of aryl methyl sites for hydroxylation is 1. The minimum atomic E-state index is -0.289. The van der Waals surface area contributed by atoms with Gasteiger partial charge in [-0.2, -0.15) is 0 Å². The molecule has 1 saturated heterocycles. The van der Waals surface area contributed by atoms with E-state index in [0.29, 0.717) is 0 Å². The minimum absolute atomic E-state index is 0.0175. The van der Waals surface area contributed by atoms with Gasteiger partial charge >= 0.3 is 0 Å². The number of ether oxygens (including phenoxy) is 1. The van der Waals surface area contributed by atoms with Gasteiger partial charge in [0.1, 0.15) is 11.9 Å². The summed E-state index contributed by atoms with van der Waals surface area (Å²) in [6.45, 7) is 5.33. The first-order chi connectivity index (χ1) is 10.9. The lowest BCUT2D eigenvalue weighted by Gasteiger charge is -2.45. The molecule has 1 amide bonds. The Morgan fingerprint density at radius 1 is 1.35 bits per heavy atom. The monoisotopic (exact) mass is 316 g/mol. The number of primary amides is 1. The molecule has 1 aromatic rings. The largest absolute Gasteiger partial charge is 0.490 e. The van der Waals surface area contributed by atoms with Crippen LogP contribution in [0.2, 0.25) is 0 Å². The van der Waals surface area contributed by atoms with Gasteiger partial charge in [0.25, 0.3) is 0 Å². The van der Waals surface area contributed by atoms with Gasteiger partial charge in [0, 0.05) is 11.5 Å². The molecule has 23 heavy (non-hydrogen) atoms. The molecule has 0 aromatic heterocycles. The van der Waals surface area contributed by atoms with Crippen molar-refractivity contribution in [1.29, 1.82) is 0 Å². The number of rotatable bonds is 4. The van der Waals surface area contributed by atoms with Crippen molar-refractivity contribution in [3.8, 4) is 5.75 Å². The molecular weight excluding hydrogens is 288 g/mol. The third-order valence-electron chi connectivity index (χ3n) is 5.82. The Bertz CT molecular complexity index is 584. The maximum absolute atomic E-state index is 12.3. The highest BCUT2D eigenvalue weighted by molar-refractivity contribution is 5.78. The molecule has 3 atom stereocenters. The third kappa shape index (κ3) is 2.97. The Hall–Kier alpha value is -1.55. The molecule has 2 N–H and O–H groups in total. The SMILES string of the molecule is CN1CCC[C@H]1C(C(N)=O)C(C)(C)[C@@H]1CCc2ccccc2O1. The molecule has 4 nitrogen and oxygen atoms in total. The maximum atomic E-state index is 12.3. The first kappa shape index (κ1) is 16.3. The number of hydrogen-bond acceptors (Lipinski definition) is 3. The third-order valence-corrected chi connectivity index (χ3v) is 5.82. The molecule has 0 radical (unpaired) electrons. The van der Waals surface area contributed by atoms with Crippen molar-refractivity contribution in [2.45, 2.75) is 51.7 Å². The number of fused-ring (bicyclic) bond motifs is 1. The first-order valence-corrected chi connectivity index (χ1v) is 8.65. The predicted octanol–water partition coefficient (Wildman–Crippen LogP) is 2.60. The fourth-order valence-electron chi connectivity index (χ4n) is 4.46. The highest BCUT2D eigenvalue weighted by Gasteiger charge is 2.48. The summed E-state index contributed by atoms with van der Waals surface area (Å²) in [6.07, 6.45) is 4.12. The van der Waals surface area contributed by atoms with E-state index < -0.39 is 0 Å². The van der Waals surface area contributed by atoms with Crippen LogP contribution >= 0.6 is 0 Å². The molecule has 2 aliphatic heterocycles. The lowest BCUT2D eigenvalue weighted by molar-refractivity contribution is -0.132. The average Bonchev–Trinajstić information content (AvgIpc) is 2.92. The predicted molar refractivity (Wildman–Crippen MR) is 91.3 cm³/mol. The molecule has 2 aliphatic rings. The fraction of sp³-hybridized carbons (Fsp3) is 0.632. The highest BCUT2D eigenvalue weighted by atomic mass is 16.5. The summed E-state index contributed by atoms with van der Waals surface area (Å²) in [7, 11) is 2.10. The second-order valence-electron chi connectivity index (χ2n) is 7.64. The molecule has 0 bridgehead atoms. The van der Waals surface area contributed by atoms with Crippen LogP contribution in [0.4, 0.5) is 0 Å². The van der Waals surface area contributed by atoms with Crippen LogP contribution in [0, 0.1) is 11.3 Å². The van der Waals surface area contributed by atoms with E-state index in [0.717, 1.165) is 38.0 Å². The van der Waals surface area contributed by atoms with Gasteiger partial charge in [-0.1, -0.05) is 32.0 Å². The summed E-state index contributed by atoms with van der Waals surface area (Å²) >= 11 is 0. The van der Waals surface area contributed by atoms with E-state index in [1.54, 1.807) is 0 Å². The van der Waals surface area contributed by atoms with Gasteiger partial charge in [-0.15, -0.1) is 0 Å². The number of benzene rings is 1. The maximum Gasteiger partial charge on any atom is 0.222 e. The zero-order valence-electron chi connectivity index (χ0n) is 14.4. The van der Waals surface area contributed by atoms with Crippen molar-refractivity contribution < 1.29 is 9.53 Å². The van der Waals surface area contributed by atoms with Crippen molar-refractivity contribution in [1.82, 2.24) is 4.90 Å². The van der Waals surface area contributed by atoms with E-state index in [4.69, 9.17) is 10.5 Å². The number of nitrogens with zero attached hydrogens (tertiary/aromatic N) is 1. The quantitative estimate of drug-likeness (QED) is 0.929. The van der Waals surface area contributed by atoms with E-state index in [9.17, 15) is 4.79 Å². The van der Waals surface area contributed by atoms with Crippen molar-refractivity contribution in [3.63, 3.8) is 0 Å². The zero-order chi connectivity index (χ0) is 16.6. The number of para-hydroxylation sites is 1. The van der Waals surface area contributed by atoms with Crippen LogP contribution in [0.25, 0.3) is 0 Å². The van der Waals surface area contributed by atoms with Crippen molar-refractivity contribution in [3.05, 3.63) is 29.8 Å². The number of likely N-dealkylation sites (tertiary alicyclic amines) is 1. The number of hydrogen-bond donors (Lipinski definition) is 1. The van der Waals surface area contributed by atoms with E-state index in [1.165, 1.54) is 5.56 Å². The van der Waals surface area contributed by atoms with Gasteiger partial charge in [0.05, 0.1) is 5.92 Å². The molecule has 0 spiro atoms. The van der Waals surface area contributed by atoms with Crippen LogP contribution in [0.1, 0.15) is 38.7 Å². The Labute approximate surface area is 139 Å². The molecule has 0 saturated carbocycles. The molecular formula is C19H28N2O2. The second kappa shape index (κ2) is 6.16. The number of nitrogens with two attached hydrogens (primary N) is 1. The second-order valence-corrected chi connectivity index (χ2v) is 7.64. The molecule has 1 unspecified atom stereocenters.